The summed E-state index contributed by atoms with van der Waals surface area (Å²) in [5.74, 6) is 2.92. The van der Waals surface area contributed by atoms with Gasteiger partial charge in [-0.1, -0.05) is 25.5 Å². The molecule has 1 aliphatic heterocycles. The molecule has 0 aromatic carbocycles. The van der Waals surface area contributed by atoms with E-state index in [-0.39, 0.29) is 12.8 Å². The molecule has 0 amide bonds. The van der Waals surface area contributed by atoms with E-state index in [9.17, 15) is 0 Å². The van der Waals surface area contributed by atoms with Crippen LogP contribution in [0.3, 0.4) is 0 Å². The average Bonchev–Trinajstić information content (AvgIpc) is 2.05. The molecular formula is C8H15BN2. The highest BCUT2D eigenvalue weighted by molar-refractivity contribution is 6.67. The number of nitrogens with two attached hydrogens (primary N) is 1. The van der Waals surface area contributed by atoms with E-state index in [4.69, 9.17) is 11.0 Å². The third-order valence-electron chi connectivity index (χ3n) is 2.64. The van der Waals surface area contributed by atoms with Gasteiger partial charge in [-0.25, -0.2) is 5.26 Å². The average molecular weight is 150 g/mol. The lowest BCUT2D eigenvalue weighted by Gasteiger charge is -2.26. The zero-order valence-corrected chi connectivity index (χ0v) is 7.09. The van der Waals surface area contributed by atoms with Crippen molar-refractivity contribution in [1.29, 1.82) is 5.26 Å². The fourth-order valence-corrected chi connectivity index (χ4v) is 1.82. The molecule has 1 aliphatic rings. The normalized spacial score (nSPS) is 27.7. The molecule has 1 rings (SSSR count). The number of nitriles is 1. The van der Waals surface area contributed by atoms with E-state index in [0.29, 0.717) is 5.92 Å². The Morgan fingerprint density at radius 2 is 2.45 bits per heavy atom. The molecule has 11 heavy (non-hydrogen) atoms. The van der Waals surface area contributed by atoms with E-state index < -0.39 is 0 Å². The van der Waals surface area contributed by atoms with Gasteiger partial charge in [-0.2, -0.15) is 0 Å². The minimum atomic E-state index is 0.270. The predicted octanol–water partition coefficient (Wildman–Crippen LogP) is 1.30. The first-order valence-corrected chi connectivity index (χ1v) is 4.39. The van der Waals surface area contributed by atoms with Crippen molar-refractivity contribution >= 4 is 6.71 Å². The molecule has 0 aromatic heterocycles. The second-order valence-electron chi connectivity index (χ2n) is 3.61. The fraction of sp³-hybridized carbons (Fsp3) is 0.875. The molecule has 0 radical (unpaired) electrons. The summed E-state index contributed by atoms with van der Waals surface area (Å²) in [6.45, 7) is 2.32. The van der Waals surface area contributed by atoms with Crippen molar-refractivity contribution in [3.63, 3.8) is 0 Å². The molecule has 1 fully saturated rings. The van der Waals surface area contributed by atoms with Gasteiger partial charge >= 0.3 is 0 Å². The van der Waals surface area contributed by atoms with Crippen molar-refractivity contribution in [3.05, 3.63) is 0 Å². The minimum Gasteiger partial charge on any atom is -0.328 e. The molecule has 0 saturated carbocycles. The molecule has 60 valence electrons. The SMILES string of the molecule is CC(N)C1CCCB(C#N)C1. The van der Waals surface area contributed by atoms with Crippen molar-refractivity contribution in [1.82, 2.24) is 0 Å². The number of hydrogen-bond acceptors (Lipinski definition) is 2. The van der Waals surface area contributed by atoms with Crippen LogP contribution in [0.5, 0.6) is 0 Å². The molecule has 0 bridgehead atoms. The van der Waals surface area contributed by atoms with Crippen molar-refractivity contribution in [2.45, 2.75) is 38.4 Å². The maximum absolute atomic E-state index is 8.70. The summed E-state index contributed by atoms with van der Waals surface area (Å²) >= 11 is 0. The van der Waals surface area contributed by atoms with Gasteiger partial charge in [0.2, 0.25) is 0 Å². The van der Waals surface area contributed by atoms with Crippen LogP contribution in [0, 0.1) is 17.1 Å². The Hall–Kier alpha value is -0.485. The van der Waals surface area contributed by atoms with Crippen molar-refractivity contribution < 1.29 is 0 Å². The topological polar surface area (TPSA) is 49.8 Å². The molecule has 3 heteroatoms. The Labute approximate surface area is 68.8 Å². The van der Waals surface area contributed by atoms with Crippen LogP contribution < -0.4 is 5.73 Å². The van der Waals surface area contributed by atoms with Gasteiger partial charge in [0.15, 0.2) is 0 Å². The van der Waals surface area contributed by atoms with Crippen LogP contribution in [0.15, 0.2) is 0 Å². The Bertz CT molecular complexity index is 162. The van der Waals surface area contributed by atoms with Crippen molar-refractivity contribution in [2.75, 3.05) is 0 Å². The van der Waals surface area contributed by atoms with Crippen LogP contribution in [-0.4, -0.2) is 12.8 Å². The quantitative estimate of drug-likeness (QED) is 0.572. The molecule has 2 N–H and O–H groups in total. The summed E-state index contributed by atoms with van der Waals surface area (Å²) in [7, 11) is 0. The zero-order valence-electron chi connectivity index (χ0n) is 7.09. The lowest BCUT2D eigenvalue weighted by atomic mass is 9.40. The molecule has 0 aromatic rings. The van der Waals surface area contributed by atoms with Gasteiger partial charge in [0.05, 0.1) is 0 Å². The van der Waals surface area contributed by atoms with E-state index in [0.717, 1.165) is 12.6 Å². The summed E-state index contributed by atoms with van der Waals surface area (Å²) < 4.78 is 0. The molecular weight excluding hydrogens is 135 g/mol. The van der Waals surface area contributed by atoms with Gasteiger partial charge < -0.3 is 5.73 Å². The summed E-state index contributed by atoms with van der Waals surface area (Å²) in [5, 5.41) is 8.70. The summed E-state index contributed by atoms with van der Waals surface area (Å²) in [6.07, 6.45) is 4.51. The van der Waals surface area contributed by atoms with E-state index in [1.165, 1.54) is 12.8 Å². The first-order chi connectivity index (χ1) is 5.24. The van der Waals surface area contributed by atoms with Crippen LogP contribution in [0.25, 0.3) is 0 Å². The summed E-state index contributed by atoms with van der Waals surface area (Å²) in [5.41, 5.74) is 5.77. The first-order valence-electron chi connectivity index (χ1n) is 4.39. The number of rotatable bonds is 1. The van der Waals surface area contributed by atoms with E-state index in [1.807, 2.05) is 6.92 Å². The van der Waals surface area contributed by atoms with E-state index >= 15 is 0 Å². The van der Waals surface area contributed by atoms with E-state index in [2.05, 4.69) is 5.97 Å². The number of nitrogens with zero attached hydrogens (tertiary/aromatic N) is 1. The maximum Gasteiger partial charge on any atom is 0.268 e. The molecule has 2 atom stereocenters. The van der Waals surface area contributed by atoms with Gasteiger partial charge in [0, 0.05) is 12.0 Å². The Morgan fingerprint density at radius 3 is 3.00 bits per heavy atom. The highest BCUT2D eigenvalue weighted by Crippen LogP contribution is 2.26. The maximum atomic E-state index is 8.70. The van der Waals surface area contributed by atoms with Crippen LogP contribution in [0.2, 0.25) is 12.6 Å². The second-order valence-corrected chi connectivity index (χ2v) is 3.61. The predicted molar refractivity (Wildman–Crippen MR) is 47.4 cm³/mol. The van der Waals surface area contributed by atoms with Gasteiger partial charge in [-0.15, -0.1) is 0 Å². The largest absolute Gasteiger partial charge is 0.328 e. The second kappa shape index (κ2) is 3.78. The Morgan fingerprint density at radius 1 is 1.73 bits per heavy atom. The summed E-state index contributed by atoms with van der Waals surface area (Å²) in [6, 6.07) is 0.270. The molecule has 0 aliphatic carbocycles. The zero-order chi connectivity index (χ0) is 8.27. The minimum absolute atomic E-state index is 0.270. The standard InChI is InChI=1S/C8H15BN2/c1-7(11)8-3-2-4-9(5-8)6-10/h7-8H,2-5,11H2,1H3. The van der Waals surface area contributed by atoms with Crippen LogP contribution in [0.1, 0.15) is 19.8 Å². The van der Waals surface area contributed by atoms with E-state index in [1.54, 1.807) is 0 Å². The lowest BCUT2D eigenvalue weighted by Crippen LogP contribution is -2.33. The van der Waals surface area contributed by atoms with Crippen LogP contribution in [-0.2, 0) is 0 Å². The Kier molecular flexibility index (Phi) is 2.96. The molecule has 0 spiro atoms. The van der Waals surface area contributed by atoms with Crippen LogP contribution in [0.4, 0.5) is 0 Å². The highest BCUT2D eigenvalue weighted by Gasteiger charge is 2.26. The summed E-state index contributed by atoms with van der Waals surface area (Å²) in [4.78, 5) is 0. The third-order valence-corrected chi connectivity index (χ3v) is 2.64. The van der Waals surface area contributed by atoms with Crippen molar-refractivity contribution in [3.8, 4) is 5.97 Å². The van der Waals surface area contributed by atoms with Crippen molar-refractivity contribution in [2.24, 2.45) is 11.7 Å². The number of hydrogen-bond donors (Lipinski definition) is 1. The molecule has 1 saturated heterocycles. The Balaban J connectivity index is 2.41. The van der Waals surface area contributed by atoms with Gasteiger partial charge in [-0.3, -0.25) is 0 Å². The lowest BCUT2D eigenvalue weighted by molar-refractivity contribution is 0.428. The first kappa shape index (κ1) is 8.61. The monoisotopic (exact) mass is 150 g/mol. The molecule has 2 unspecified atom stereocenters. The van der Waals surface area contributed by atoms with Gasteiger partial charge in [0.25, 0.3) is 6.71 Å². The smallest absolute Gasteiger partial charge is 0.268 e. The molecule has 1 heterocycles. The van der Waals surface area contributed by atoms with Gasteiger partial charge in [0.1, 0.15) is 0 Å². The fourth-order valence-electron chi connectivity index (χ4n) is 1.82. The third kappa shape index (κ3) is 2.23. The van der Waals surface area contributed by atoms with Crippen LogP contribution >= 0.6 is 0 Å². The molecule has 2 nitrogen and oxygen atoms in total. The highest BCUT2D eigenvalue weighted by atomic mass is 14.6. The van der Waals surface area contributed by atoms with Gasteiger partial charge in [-0.05, 0) is 12.8 Å².